The summed E-state index contributed by atoms with van der Waals surface area (Å²) in [7, 11) is 1.86. The normalized spacial score (nSPS) is 13.9. The van der Waals surface area contributed by atoms with Gasteiger partial charge in [-0.15, -0.1) is 0 Å². The van der Waals surface area contributed by atoms with Crippen molar-refractivity contribution in [2.45, 2.75) is 0 Å². The van der Waals surface area contributed by atoms with Crippen LogP contribution in [0.1, 0.15) is 10.4 Å². The van der Waals surface area contributed by atoms with E-state index in [1.54, 1.807) is 36.4 Å². The van der Waals surface area contributed by atoms with Crippen LogP contribution in [-0.4, -0.2) is 73.0 Å². The Labute approximate surface area is 186 Å². The second-order valence-corrected chi connectivity index (χ2v) is 8.74. The lowest BCUT2D eigenvalue weighted by atomic mass is 10.1. The number of ether oxygens (including phenoxy) is 1. The Morgan fingerprint density at radius 3 is 2.70 bits per heavy atom. The monoisotopic (exact) mass is 447 g/mol. The summed E-state index contributed by atoms with van der Waals surface area (Å²) in [5.74, 6) is 2.51. The maximum absolute atomic E-state index is 12.6. The van der Waals surface area contributed by atoms with Gasteiger partial charge in [0, 0.05) is 47.4 Å². The molecule has 2 amide bonds. The smallest absolute Gasteiger partial charge is 0.253 e. The van der Waals surface area contributed by atoms with E-state index in [1.807, 2.05) is 40.7 Å². The molecule has 30 heavy (non-hydrogen) atoms. The van der Waals surface area contributed by atoms with Gasteiger partial charge in [0.15, 0.2) is 0 Å². The van der Waals surface area contributed by atoms with Gasteiger partial charge in [-0.2, -0.15) is 11.8 Å². The molecule has 6 nitrogen and oxygen atoms in total. The Kier molecular flexibility index (Phi) is 8.42. The molecule has 0 spiro atoms. The number of nitrogens with one attached hydrogen (secondary N) is 1. The number of hydrogen-bond acceptors (Lipinski definition) is 5. The molecular weight excluding hydrogens is 422 g/mol. The van der Waals surface area contributed by atoms with E-state index in [4.69, 9.17) is 16.3 Å². The molecule has 2 aromatic carbocycles. The number of carbonyl (C=O) groups excluding carboxylic acids is 2. The van der Waals surface area contributed by atoms with Gasteiger partial charge in [-0.25, -0.2) is 0 Å². The summed E-state index contributed by atoms with van der Waals surface area (Å²) >= 11 is 7.80. The zero-order valence-corrected chi connectivity index (χ0v) is 18.5. The number of anilines is 1. The van der Waals surface area contributed by atoms with Crippen molar-refractivity contribution in [3.63, 3.8) is 0 Å². The van der Waals surface area contributed by atoms with E-state index in [0.29, 0.717) is 35.2 Å². The number of carbonyl (C=O) groups is 2. The van der Waals surface area contributed by atoms with Crippen LogP contribution >= 0.6 is 23.4 Å². The third-order valence-corrected chi connectivity index (χ3v) is 5.82. The molecule has 160 valence electrons. The Bertz CT molecular complexity index is 874. The molecule has 0 bridgehead atoms. The fourth-order valence-electron chi connectivity index (χ4n) is 3.08. The molecule has 0 aliphatic carbocycles. The van der Waals surface area contributed by atoms with Crippen LogP contribution in [0.5, 0.6) is 5.75 Å². The molecule has 0 aromatic heterocycles. The van der Waals surface area contributed by atoms with Gasteiger partial charge in [-0.1, -0.05) is 23.7 Å². The third-order valence-electron chi connectivity index (χ3n) is 4.64. The molecular formula is C22H26ClN3O3S. The van der Waals surface area contributed by atoms with Crippen LogP contribution in [0.2, 0.25) is 5.02 Å². The summed E-state index contributed by atoms with van der Waals surface area (Å²) in [6.45, 7) is 2.79. The van der Waals surface area contributed by atoms with Crippen molar-refractivity contribution in [2.75, 3.05) is 56.7 Å². The topological polar surface area (TPSA) is 61.9 Å². The van der Waals surface area contributed by atoms with Crippen LogP contribution in [0.15, 0.2) is 48.5 Å². The SMILES string of the molecule is CN(CCOc1cccc(Cl)c1)CC(=O)Nc1cccc(C(=O)N2CCSCC2)c1. The lowest BCUT2D eigenvalue weighted by Crippen LogP contribution is -2.38. The van der Waals surface area contributed by atoms with Gasteiger partial charge in [0.25, 0.3) is 5.91 Å². The molecule has 8 heteroatoms. The predicted molar refractivity (Wildman–Crippen MR) is 123 cm³/mol. The highest BCUT2D eigenvalue weighted by Crippen LogP contribution is 2.17. The minimum Gasteiger partial charge on any atom is -0.492 e. The number of amides is 2. The van der Waals surface area contributed by atoms with E-state index < -0.39 is 0 Å². The lowest BCUT2D eigenvalue weighted by Gasteiger charge is -2.26. The Morgan fingerprint density at radius 1 is 1.17 bits per heavy atom. The average Bonchev–Trinajstić information content (AvgIpc) is 2.74. The minimum atomic E-state index is -0.140. The minimum absolute atomic E-state index is 0.0154. The standard InChI is InChI=1S/C22H26ClN3O3S/c1-25(8-11-29-20-7-3-5-18(23)15-20)16-21(27)24-19-6-2-4-17(14-19)22(28)26-9-12-30-13-10-26/h2-7,14-15H,8-13,16H2,1H3,(H,24,27). The quantitative estimate of drug-likeness (QED) is 0.671. The van der Waals surface area contributed by atoms with E-state index in [9.17, 15) is 9.59 Å². The van der Waals surface area contributed by atoms with Crippen LogP contribution < -0.4 is 10.1 Å². The van der Waals surface area contributed by atoms with Crippen molar-refractivity contribution in [3.8, 4) is 5.75 Å². The number of nitrogens with zero attached hydrogens (tertiary/aromatic N) is 2. The zero-order valence-electron chi connectivity index (χ0n) is 17.0. The Hall–Kier alpha value is -2.22. The van der Waals surface area contributed by atoms with Gasteiger partial charge in [0.1, 0.15) is 12.4 Å². The largest absolute Gasteiger partial charge is 0.492 e. The van der Waals surface area contributed by atoms with E-state index in [2.05, 4.69) is 5.32 Å². The molecule has 1 aliphatic rings. The van der Waals surface area contributed by atoms with Crippen LogP contribution in [0.4, 0.5) is 5.69 Å². The lowest BCUT2D eigenvalue weighted by molar-refractivity contribution is -0.117. The second-order valence-electron chi connectivity index (χ2n) is 7.08. The molecule has 2 aromatic rings. The fraction of sp³-hybridized carbons (Fsp3) is 0.364. The molecule has 0 atom stereocenters. The molecule has 1 fully saturated rings. The average molecular weight is 448 g/mol. The van der Waals surface area contributed by atoms with Crippen molar-refractivity contribution in [3.05, 3.63) is 59.1 Å². The molecule has 0 radical (unpaired) electrons. The fourth-order valence-corrected chi connectivity index (χ4v) is 4.16. The highest BCUT2D eigenvalue weighted by atomic mass is 35.5. The van der Waals surface area contributed by atoms with E-state index in [1.165, 1.54) is 0 Å². The van der Waals surface area contributed by atoms with Gasteiger partial charge in [-0.05, 0) is 43.4 Å². The summed E-state index contributed by atoms with van der Waals surface area (Å²) < 4.78 is 5.66. The summed E-state index contributed by atoms with van der Waals surface area (Å²) in [4.78, 5) is 28.8. The molecule has 1 saturated heterocycles. The van der Waals surface area contributed by atoms with Crippen molar-refractivity contribution in [1.29, 1.82) is 0 Å². The van der Waals surface area contributed by atoms with Crippen molar-refractivity contribution in [1.82, 2.24) is 9.80 Å². The third kappa shape index (κ3) is 6.93. The number of thioether (sulfide) groups is 1. The summed E-state index contributed by atoms with van der Waals surface area (Å²) in [5, 5.41) is 3.50. The summed E-state index contributed by atoms with van der Waals surface area (Å²) in [6.07, 6.45) is 0. The highest BCUT2D eigenvalue weighted by Gasteiger charge is 2.18. The van der Waals surface area contributed by atoms with Crippen LogP contribution in [0.25, 0.3) is 0 Å². The number of likely N-dealkylation sites (N-methyl/N-ethyl adjacent to an activating group) is 1. The molecule has 1 N–H and O–H groups in total. The molecule has 3 rings (SSSR count). The first-order valence-corrected chi connectivity index (χ1v) is 11.4. The number of benzene rings is 2. The number of halogens is 1. The van der Waals surface area contributed by atoms with Crippen molar-refractivity contribution in [2.24, 2.45) is 0 Å². The first kappa shape index (κ1) is 22.5. The number of rotatable bonds is 8. The maximum Gasteiger partial charge on any atom is 0.253 e. The van der Waals surface area contributed by atoms with E-state index in [-0.39, 0.29) is 18.4 Å². The van der Waals surface area contributed by atoms with Crippen molar-refractivity contribution < 1.29 is 14.3 Å². The van der Waals surface area contributed by atoms with Gasteiger partial charge in [0.2, 0.25) is 5.91 Å². The zero-order chi connectivity index (χ0) is 21.3. The molecule has 1 aliphatic heterocycles. The molecule has 0 saturated carbocycles. The van der Waals surface area contributed by atoms with E-state index in [0.717, 1.165) is 24.6 Å². The van der Waals surface area contributed by atoms with Gasteiger partial charge < -0.3 is 15.0 Å². The second kappa shape index (κ2) is 11.2. The van der Waals surface area contributed by atoms with Crippen LogP contribution in [-0.2, 0) is 4.79 Å². The van der Waals surface area contributed by atoms with Gasteiger partial charge >= 0.3 is 0 Å². The van der Waals surface area contributed by atoms with E-state index >= 15 is 0 Å². The first-order valence-electron chi connectivity index (χ1n) is 9.85. The van der Waals surface area contributed by atoms with Gasteiger partial charge in [-0.3, -0.25) is 14.5 Å². The molecule has 1 heterocycles. The molecule has 0 unspecified atom stereocenters. The van der Waals surface area contributed by atoms with Crippen LogP contribution in [0, 0.1) is 0 Å². The van der Waals surface area contributed by atoms with Crippen LogP contribution in [0.3, 0.4) is 0 Å². The Balaban J connectivity index is 1.45. The maximum atomic E-state index is 12.6. The predicted octanol–water partition coefficient (Wildman–Crippen LogP) is 3.48. The Morgan fingerprint density at radius 2 is 1.93 bits per heavy atom. The first-order chi connectivity index (χ1) is 14.5. The number of hydrogen-bond donors (Lipinski definition) is 1. The highest BCUT2D eigenvalue weighted by molar-refractivity contribution is 7.99. The summed E-state index contributed by atoms with van der Waals surface area (Å²) in [6, 6.07) is 14.3. The van der Waals surface area contributed by atoms with Gasteiger partial charge in [0.05, 0.1) is 6.54 Å². The summed E-state index contributed by atoms with van der Waals surface area (Å²) in [5.41, 5.74) is 1.23. The van der Waals surface area contributed by atoms with Crippen molar-refractivity contribution >= 4 is 40.9 Å².